The topological polar surface area (TPSA) is 147 Å². The molecule has 9 nitrogen and oxygen atoms in total. The van der Waals surface area contributed by atoms with Crippen molar-refractivity contribution >= 4 is 39.1 Å². The fraction of sp³-hybridized carbons (Fsp3) is 0.273. The molecular weight excluding hydrogens is 394 g/mol. The molecule has 2 aromatic heterocycles. The van der Waals surface area contributed by atoms with E-state index >= 15 is 0 Å². The molecule has 1 fully saturated rings. The van der Waals surface area contributed by atoms with Crippen molar-refractivity contribution in [1.82, 2.24) is 20.4 Å². The quantitative estimate of drug-likeness (QED) is 0.399. The fourth-order valence-corrected chi connectivity index (χ4v) is 4.30. The standard InChI is InChI=1S/C22H23N7O2/c1-11-6-12-10-25-26-18(12)9-15(11)16-7-13(29-4-2-14(30)3-5-29)8-17-19(23)21(22(24)31)28-27-20(16)17/h6-10,14,30H,2-5H2,1H3,(H2,23,27)(H2,24,31)(H,25,26). The summed E-state index contributed by atoms with van der Waals surface area (Å²) in [6, 6.07) is 8.11. The van der Waals surface area contributed by atoms with Gasteiger partial charge >= 0.3 is 0 Å². The molecule has 1 amide bonds. The van der Waals surface area contributed by atoms with Gasteiger partial charge < -0.3 is 21.5 Å². The summed E-state index contributed by atoms with van der Waals surface area (Å²) in [4.78, 5) is 14.0. The SMILES string of the molecule is Cc1cc2cn[nH]c2cc1-c1cc(N2CCC(O)CC2)cc2c(N)c(C(N)=O)nnc12. The smallest absolute Gasteiger partial charge is 0.271 e. The zero-order valence-corrected chi connectivity index (χ0v) is 17.1. The Morgan fingerprint density at radius 2 is 1.94 bits per heavy atom. The van der Waals surface area contributed by atoms with Crippen molar-refractivity contribution in [3.63, 3.8) is 0 Å². The molecule has 3 heterocycles. The van der Waals surface area contributed by atoms with Gasteiger partial charge in [0, 0.05) is 35.1 Å². The third-order valence-electron chi connectivity index (χ3n) is 6.03. The molecule has 4 aromatic rings. The van der Waals surface area contributed by atoms with E-state index in [9.17, 15) is 9.90 Å². The van der Waals surface area contributed by atoms with Crippen LogP contribution < -0.4 is 16.4 Å². The van der Waals surface area contributed by atoms with Crippen LogP contribution in [0.25, 0.3) is 32.9 Å². The number of carbonyl (C=O) groups excluding carboxylic acids is 1. The van der Waals surface area contributed by atoms with Crippen LogP contribution in [-0.4, -0.2) is 50.6 Å². The molecule has 31 heavy (non-hydrogen) atoms. The van der Waals surface area contributed by atoms with Crippen molar-refractivity contribution in [1.29, 1.82) is 0 Å². The normalized spacial score (nSPS) is 15.1. The van der Waals surface area contributed by atoms with E-state index in [0.717, 1.165) is 46.4 Å². The Labute approximate surface area is 178 Å². The maximum Gasteiger partial charge on any atom is 0.271 e. The van der Waals surface area contributed by atoms with Crippen LogP contribution in [0.2, 0.25) is 0 Å². The molecule has 1 saturated heterocycles. The molecule has 158 valence electrons. The first-order valence-electron chi connectivity index (χ1n) is 10.2. The summed E-state index contributed by atoms with van der Waals surface area (Å²) in [6.45, 7) is 3.49. The highest BCUT2D eigenvalue weighted by atomic mass is 16.3. The van der Waals surface area contributed by atoms with E-state index < -0.39 is 5.91 Å². The highest BCUT2D eigenvalue weighted by Gasteiger charge is 2.22. The highest BCUT2D eigenvalue weighted by molar-refractivity contribution is 6.09. The number of aromatic amines is 1. The van der Waals surface area contributed by atoms with Crippen molar-refractivity contribution < 1.29 is 9.90 Å². The van der Waals surface area contributed by atoms with Crippen molar-refractivity contribution in [3.05, 3.63) is 41.7 Å². The number of hydrogen-bond acceptors (Lipinski definition) is 7. The minimum atomic E-state index is -0.713. The first-order valence-corrected chi connectivity index (χ1v) is 10.2. The van der Waals surface area contributed by atoms with Crippen LogP contribution in [0.3, 0.4) is 0 Å². The van der Waals surface area contributed by atoms with Crippen LogP contribution in [0.5, 0.6) is 0 Å². The van der Waals surface area contributed by atoms with E-state index in [-0.39, 0.29) is 17.5 Å². The first-order chi connectivity index (χ1) is 14.9. The van der Waals surface area contributed by atoms with Crippen molar-refractivity contribution in [2.45, 2.75) is 25.9 Å². The number of hydrogen-bond donors (Lipinski definition) is 4. The molecular formula is C22H23N7O2. The summed E-state index contributed by atoms with van der Waals surface area (Å²) in [5.74, 6) is -0.713. The lowest BCUT2D eigenvalue weighted by atomic mass is 9.95. The Hall–Kier alpha value is -3.72. The van der Waals surface area contributed by atoms with Crippen molar-refractivity contribution in [3.8, 4) is 11.1 Å². The zero-order chi connectivity index (χ0) is 21.7. The number of aliphatic hydroxyl groups is 1. The second-order valence-corrected chi connectivity index (χ2v) is 8.06. The molecule has 1 aliphatic rings. The number of benzene rings is 2. The Balaban J connectivity index is 1.78. The third kappa shape index (κ3) is 3.23. The number of nitrogens with two attached hydrogens (primary N) is 2. The average Bonchev–Trinajstić information content (AvgIpc) is 3.20. The fourth-order valence-electron chi connectivity index (χ4n) is 4.30. The number of rotatable bonds is 3. The molecule has 0 aliphatic carbocycles. The number of aliphatic hydroxyl groups excluding tert-OH is 1. The number of aromatic nitrogens is 4. The molecule has 0 spiro atoms. The predicted molar refractivity (Wildman–Crippen MR) is 120 cm³/mol. The highest BCUT2D eigenvalue weighted by Crippen LogP contribution is 2.38. The number of H-pyrrole nitrogens is 1. The average molecular weight is 417 g/mol. The minimum Gasteiger partial charge on any atom is -0.396 e. The molecule has 9 heteroatoms. The second kappa shape index (κ2) is 7.21. The number of piperidine rings is 1. The largest absolute Gasteiger partial charge is 0.396 e. The molecule has 0 radical (unpaired) electrons. The lowest BCUT2D eigenvalue weighted by Crippen LogP contribution is -2.35. The zero-order valence-electron chi connectivity index (χ0n) is 17.1. The molecule has 2 aromatic carbocycles. The Kier molecular flexibility index (Phi) is 4.48. The van der Waals surface area contributed by atoms with E-state index in [1.807, 2.05) is 19.1 Å². The van der Waals surface area contributed by atoms with Crippen LogP contribution >= 0.6 is 0 Å². The third-order valence-corrected chi connectivity index (χ3v) is 6.03. The van der Waals surface area contributed by atoms with Gasteiger partial charge in [0.15, 0.2) is 5.69 Å². The molecule has 0 unspecified atom stereocenters. The molecule has 0 saturated carbocycles. The number of anilines is 2. The molecule has 1 aliphatic heterocycles. The van der Waals surface area contributed by atoms with Gasteiger partial charge in [-0.3, -0.25) is 9.89 Å². The minimum absolute atomic E-state index is 0.0367. The first kappa shape index (κ1) is 19.3. The van der Waals surface area contributed by atoms with Gasteiger partial charge in [-0.25, -0.2) is 0 Å². The lowest BCUT2D eigenvalue weighted by Gasteiger charge is -2.32. The summed E-state index contributed by atoms with van der Waals surface area (Å²) in [5, 5.41) is 27.0. The summed E-state index contributed by atoms with van der Waals surface area (Å²) in [7, 11) is 0. The number of nitrogens with zero attached hydrogens (tertiary/aromatic N) is 4. The van der Waals surface area contributed by atoms with Gasteiger partial charge in [-0.15, -0.1) is 10.2 Å². The van der Waals surface area contributed by atoms with Gasteiger partial charge in [0.05, 0.1) is 23.5 Å². The number of amides is 1. The van der Waals surface area contributed by atoms with Crippen molar-refractivity contribution in [2.24, 2.45) is 5.73 Å². The monoisotopic (exact) mass is 417 g/mol. The van der Waals surface area contributed by atoms with E-state index in [4.69, 9.17) is 11.5 Å². The lowest BCUT2D eigenvalue weighted by molar-refractivity contribution is 0.0995. The van der Waals surface area contributed by atoms with E-state index in [0.29, 0.717) is 23.7 Å². The van der Waals surface area contributed by atoms with E-state index in [1.54, 1.807) is 6.20 Å². The predicted octanol–water partition coefficient (Wildman–Crippen LogP) is 2.12. The molecule has 0 atom stereocenters. The maximum atomic E-state index is 11.8. The van der Waals surface area contributed by atoms with Crippen LogP contribution in [0.4, 0.5) is 11.4 Å². The Morgan fingerprint density at radius 1 is 1.16 bits per heavy atom. The van der Waals surface area contributed by atoms with Crippen LogP contribution in [0.15, 0.2) is 30.5 Å². The summed E-state index contributed by atoms with van der Waals surface area (Å²) >= 11 is 0. The maximum absolute atomic E-state index is 11.8. The number of carbonyl (C=O) groups is 1. The molecule has 6 N–H and O–H groups in total. The van der Waals surface area contributed by atoms with E-state index in [1.165, 1.54) is 0 Å². The van der Waals surface area contributed by atoms with Crippen LogP contribution in [-0.2, 0) is 0 Å². The Bertz CT molecular complexity index is 1320. The van der Waals surface area contributed by atoms with Crippen LogP contribution in [0, 0.1) is 6.92 Å². The summed E-state index contributed by atoms with van der Waals surface area (Å²) in [6.07, 6.45) is 2.90. The van der Waals surface area contributed by atoms with Gasteiger partial charge in [0.1, 0.15) is 5.52 Å². The molecule has 0 bridgehead atoms. The van der Waals surface area contributed by atoms with Gasteiger partial charge in [0.2, 0.25) is 0 Å². The van der Waals surface area contributed by atoms with Gasteiger partial charge in [-0.1, -0.05) is 0 Å². The number of aryl methyl sites for hydroxylation is 1. The number of fused-ring (bicyclic) bond motifs is 2. The van der Waals surface area contributed by atoms with Gasteiger partial charge in [-0.05, 0) is 55.2 Å². The van der Waals surface area contributed by atoms with Crippen molar-refractivity contribution in [2.75, 3.05) is 23.7 Å². The number of nitrogens with one attached hydrogen (secondary N) is 1. The Morgan fingerprint density at radius 3 is 2.68 bits per heavy atom. The van der Waals surface area contributed by atoms with Crippen LogP contribution in [0.1, 0.15) is 28.9 Å². The second-order valence-electron chi connectivity index (χ2n) is 8.06. The van der Waals surface area contributed by atoms with E-state index in [2.05, 4.69) is 37.4 Å². The molecule has 5 rings (SSSR count). The number of nitrogen functional groups attached to an aromatic ring is 1. The number of primary amides is 1. The van der Waals surface area contributed by atoms with Gasteiger partial charge in [0.25, 0.3) is 5.91 Å². The van der Waals surface area contributed by atoms with Gasteiger partial charge in [-0.2, -0.15) is 5.10 Å². The summed E-state index contributed by atoms with van der Waals surface area (Å²) < 4.78 is 0. The summed E-state index contributed by atoms with van der Waals surface area (Å²) in [5.41, 5.74) is 17.3.